The lowest BCUT2D eigenvalue weighted by Gasteiger charge is -2.35. The highest BCUT2D eigenvalue weighted by molar-refractivity contribution is 5.93. The van der Waals surface area contributed by atoms with Gasteiger partial charge in [-0.15, -0.1) is 0 Å². The number of fused-ring (bicyclic) bond motifs is 1. The molecule has 0 radical (unpaired) electrons. The van der Waals surface area contributed by atoms with Crippen molar-refractivity contribution < 1.29 is 0 Å². The number of nitrogens with zero attached hydrogens (tertiary/aromatic N) is 6. The largest absolute Gasteiger partial charge is 0.367 e. The van der Waals surface area contributed by atoms with Crippen molar-refractivity contribution in [3.63, 3.8) is 0 Å². The molecular weight excluding hydrogens is 400 g/mol. The van der Waals surface area contributed by atoms with E-state index in [1.54, 1.807) is 12.4 Å². The number of aryl methyl sites for hydroxylation is 1. The summed E-state index contributed by atoms with van der Waals surface area (Å²) in [4.78, 5) is 21.8. The summed E-state index contributed by atoms with van der Waals surface area (Å²) in [7, 11) is 2.16. The summed E-state index contributed by atoms with van der Waals surface area (Å²) in [6, 6.07) is 5.94. The lowest BCUT2D eigenvalue weighted by atomic mass is 10.1. The second-order valence-corrected chi connectivity index (χ2v) is 8.06. The normalized spacial score (nSPS) is 15.4. The topological polar surface area (TPSA) is 89.6 Å². The van der Waals surface area contributed by atoms with Gasteiger partial charge in [-0.25, -0.2) is 4.98 Å². The molecule has 4 aromatic rings. The Kier molecular flexibility index (Phi) is 5.28. The Morgan fingerprint density at radius 3 is 2.69 bits per heavy atom. The average molecular weight is 427 g/mol. The molecule has 32 heavy (non-hydrogen) atoms. The molecular formula is C24H26N8. The van der Waals surface area contributed by atoms with Crippen molar-refractivity contribution in [2.45, 2.75) is 6.92 Å². The number of aromatic nitrogens is 6. The van der Waals surface area contributed by atoms with E-state index < -0.39 is 0 Å². The first-order chi connectivity index (χ1) is 15.6. The van der Waals surface area contributed by atoms with Gasteiger partial charge in [0.1, 0.15) is 11.4 Å². The highest BCUT2D eigenvalue weighted by Crippen LogP contribution is 2.30. The van der Waals surface area contributed by atoms with Crippen LogP contribution in [-0.2, 0) is 0 Å². The number of pyridine rings is 2. The summed E-state index contributed by atoms with van der Waals surface area (Å²) >= 11 is 0. The number of likely N-dealkylation sites (N-methyl/N-ethyl adjacent to an activating group) is 1. The molecule has 0 saturated carbocycles. The molecule has 5 heterocycles. The van der Waals surface area contributed by atoms with E-state index in [-0.39, 0.29) is 0 Å². The van der Waals surface area contributed by atoms with Crippen molar-refractivity contribution in [2.24, 2.45) is 0 Å². The lowest BCUT2D eigenvalue weighted by molar-refractivity contribution is 0.207. The molecule has 1 aliphatic rings. The Hall–Kier alpha value is -3.78. The SMILES string of the molecule is C=C/C=C(\c1nc(-c2n[nH]c3cnc(-c4ccncc4)cc23)[nH]c1C)N1CCN(C)CC1. The standard InChI is InChI=1S/C24H26N8/c1-4-5-21(32-12-10-31(3)11-13-32)22-16(2)27-24(28-22)23-18-14-19(17-6-8-25-9-7-17)26-15-20(18)29-30-23/h4-9,14-15H,1,10-13H2,2-3H3,(H,27,28)(H,29,30)/b21-5+. The Balaban J connectivity index is 1.54. The van der Waals surface area contributed by atoms with Crippen molar-refractivity contribution in [2.75, 3.05) is 33.2 Å². The van der Waals surface area contributed by atoms with Gasteiger partial charge in [-0.1, -0.05) is 12.7 Å². The van der Waals surface area contributed by atoms with E-state index in [4.69, 9.17) is 4.98 Å². The van der Waals surface area contributed by atoms with Crippen LogP contribution >= 0.6 is 0 Å². The molecule has 1 fully saturated rings. The van der Waals surface area contributed by atoms with Crippen molar-refractivity contribution in [1.29, 1.82) is 0 Å². The van der Waals surface area contributed by atoms with Gasteiger partial charge in [0.05, 0.1) is 23.1 Å². The number of aromatic amines is 2. The van der Waals surface area contributed by atoms with Gasteiger partial charge in [0, 0.05) is 55.2 Å². The molecule has 162 valence electrons. The number of H-pyrrole nitrogens is 2. The van der Waals surface area contributed by atoms with Gasteiger partial charge in [0.25, 0.3) is 0 Å². The van der Waals surface area contributed by atoms with Gasteiger partial charge < -0.3 is 14.8 Å². The fourth-order valence-electron chi connectivity index (χ4n) is 4.09. The minimum absolute atomic E-state index is 0.736. The second-order valence-electron chi connectivity index (χ2n) is 8.06. The fraction of sp³-hybridized carbons (Fsp3) is 0.250. The van der Waals surface area contributed by atoms with Crippen LogP contribution in [0.2, 0.25) is 0 Å². The average Bonchev–Trinajstić information content (AvgIpc) is 3.41. The maximum atomic E-state index is 4.98. The minimum atomic E-state index is 0.736. The van der Waals surface area contributed by atoms with Gasteiger partial charge >= 0.3 is 0 Å². The van der Waals surface area contributed by atoms with Crippen LogP contribution in [0.15, 0.2) is 55.5 Å². The van der Waals surface area contributed by atoms with E-state index in [0.29, 0.717) is 0 Å². The summed E-state index contributed by atoms with van der Waals surface area (Å²) in [5, 5.41) is 8.61. The van der Waals surface area contributed by atoms with E-state index in [2.05, 4.69) is 55.5 Å². The van der Waals surface area contributed by atoms with Crippen LogP contribution in [-0.4, -0.2) is 73.2 Å². The molecule has 5 rings (SSSR count). The predicted molar refractivity (Wildman–Crippen MR) is 127 cm³/mol. The smallest absolute Gasteiger partial charge is 0.159 e. The first-order valence-electron chi connectivity index (χ1n) is 10.7. The van der Waals surface area contributed by atoms with E-state index >= 15 is 0 Å². The van der Waals surface area contributed by atoms with E-state index in [9.17, 15) is 0 Å². The monoisotopic (exact) mass is 426 g/mol. The predicted octanol–water partition coefficient (Wildman–Crippen LogP) is 3.49. The van der Waals surface area contributed by atoms with Crippen molar-refractivity contribution in [1.82, 2.24) is 39.9 Å². The van der Waals surface area contributed by atoms with Crippen LogP contribution in [0.25, 0.3) is 39.4 Å². The Labute approximate surface area is 186 Å². The number of allylic oxidation sites excluding steroid dienone is 2. The quantitative estimate of drug-likeness (QED) is 0.475. The molecule has 0 atom stereocenters. The van der Waals surface area contributed by atoms with Crippen molar-refractivity contribution in [3.05, 3.63) is 66.9 Å². The Morgan fingerprint density at radius 1 is 1.16 bits per heavy atom. The summed E-state index contributed by atoms with van der Waals surface area (Å²) < 4.78 is 0. The maximum Gasteiger partial charge on any atom is 0.159 e. The maximum absolute atomic E-state index is 4.98. The summed E-state index contributed by atoms with van der Waals surface area (Å²) in [6.07, 6.45) is 9.23. The molecule has 2 N–H and O–H groups in total. The van der Waals surface area contributed by atoms with Gasteiger partial charge in [-0.05, 0) is 38.2 Å². The number of rotatable bonds is 5. The molecule has 0 bridgehead atoms. The summed E-state index contributed by atoms with van der Waals surface area (Å²) in [5.41, 5.74) is 6.56. The van der Waals surface area contributed by atoms with Crippen LogP contribution in [0, 0.1) is 6.92 Å². The third kappa shape index (κ3) is 3.69. The number of imidazole rings is 1. The Bertz CT molecular complexity index is 1280. The zero-order chi connectivity index (χ0) is 22.1. The number of hydrogen-bond acceptors (Lipinski definition) is 6. The van der Waals surface area contributed by atoms with Crippen molar-refractivity contribution >= 4 is 16.6 Å². The molecule has 0 spiro atoms. The van der Waals surface area contributed by atoms with Gasteiger partial charge in [0.2, 0.25) is 0 Å². The van der Waals surface area contributed by atoms with Crippen LogP contribution in [0.4, 0.5) is 0 Å². The van der Waals surface area contributed by atoms with Crippen LogP contribution < -0.4 is 0 Å². The third-order valence-corrected chi connectivity index (χ3v) is 5.89. The molecule has 0 unspecified atom stereocenters. The zero-order valence-electron chi connectivity index (χ0n) is 18.3. The molecule has 8 heteroatoms. The molecule has 1 aliphatic heterocycles. The molecule has 4 aromatic heterocycles. The minimum Gasteiger partial charge on any atom is -0.367 e. The number of nitrogens with one attached hydrogen (secondary N) is 2. The molecule has 0 aliphatic carbocycles. The summed E-state index contributed by atoms with van der Waals surface area (Å²) in [5.74, 6) is 0.736. The summed E-state index contributed by atoms with van der Waals surface area (Å²) in [6.45, 7) is 9.95. The first kappa shape index (κ1) is 20.1. The molecule has 8 nitrogen and oxygen atoms in total. The zero-order valence-corrected chi connectivity index (χ0v) is 18.3. The number of piperazine rings is 1. The van der Waals surface area contributed by atoms with E-state index in [1.165, 1.54) is 0 Å². The fourth-order valence-corrected chi connectivity index (χ4v) is 4.09. The second kappa shape index (κ2) is 8.39. The van der Waals surface area contributed by atoms with E-state index in [1.807, 2.05) is 36.5 Å². The van der Waals surface area contributed by atoms with Crippen LogP contribution in [0.5, 0.6) is 0 Å². The van der Waals surface area contributed by atoms with Gasteiger partial charge in [-0.2, -0.15) is 5.10 Å². The highest BCUT2D eigenvalue weighted by atomic mass is 15.3. The molecule has 0 amide bonds. The van der Waals surface area contributed by atoms with E-state index in [0.717, 1.165) is 76.9 Å². The number of hydrogen-bond donors (Lipinski definition) is 2. The lowest BCUT2D eigenvalue weighted by Crippen LogP contribution is -2.43. The van der Waals surface area contributed by atoms with Crippen molar-refractivity contribution in [3.8, 4) is 22.8 Å². The third-order valence-electron chi connectivity index (χ3n) is 5.89. The van der Waals surface area contributed by atoms with Gasteiger partial charge in [0.15, 0.2) is 5.82 Å². The first-order valence-corrected chi connectivity index (χ1v) is 10.7. The Morgan fingerprint density at radius 2 is 1.94 bits per heavy atom. The molecule has 0 aromatic carbocycles. The highest BCUT2D eigenvalue weighted by Gasteiger charge is 2.22. The van der Waals surface area contributed by atoms with Gasteiger partial charge in [-0.3, -0.25) is 15.1 Å². The van der Waals surface area contributed by atoms with Crippen LogP contribution in [0.1, 0.15) is 11.4 Å². The molecule has 1 saturated heterocycles. The van der Waals surface area contributed by atoms with Crippen LogP contribution in [0.3, 0.4) is 0 Å².